The first kappa shape index (κ1) is 13.9. The molecule has 0 bridgehead atoms. The predicted molar refractivity (Wildman–Crippen MR) is 72.1 cm³/mol. The van der Waals surface area contributed by atoms with Crippen molar-refractivity contribution in [2.24, 2.45) is 11.3 Å². The molecule has 2 N–H and O–H groups in total. The summed E-state index contributed by atoms with van der Waals surface area (Å²) in [5, 5.41) is 12.8. The zero-order valence-electron chi connectivity index (χ0n) is 11.7. The van der Waals surface area contributed by atoms with E-state index in [0.717, 1.165) is 0 Å². The van der Waals surface area contributed by atoms with E-state index in [4.69, 9.17) is 0 Å². The molecule has 2 unspecified atom stereocenters. The van der Waals surface area contributed by atoms with Crippen molar-refractivity contribution in [2.45, 2.75) is 77.4 Å². The van der Waals surface area contributed by atoms with E-state index < -0.39 is 0 Å². The van der Waals surface area contributed by atoms with Crippen LogP contribution in [-0.2, 0) is 4.79 Å². The number of rotatable bonds is 3. The van der Waals surface area contributed by atoms with E-state index in [-0.39, 0.29) is 23.5 Å². The second-order valence-electron chi connectivity index (χ2n) is 6.75. The van der Waals surface area contributed by atoms with Gasteiger partial charge in [0.05, 0.1) is 6.10 Å². The molecule has 3 heteroatoms. The molecule has 0 aromatic carbocycles. The molecule has 2 aliphatic carbocycles. The third-order valence-corrected chi connectivity index (χ3v) is 5.00. The quantitative estimate of drug-likeness (QED) is 0.760. The summed E-state index contributed by atoms with van der Waals surface area (Å²) in [6, 6.07) is 0.158. The Hall–Kier alpha value is -0.570. The monoisotopic (exact) mass is 253 g/mol. The van der Waals surface area contributed by atoms with E-state index in [2.05, 4.69) is 5.32 Å². The largest absolute Gasteiger partial charge is 0.392 e. The lowest BCUT2D eigenvalue weighted by molar-refractivity contribution is -0.130. The standard InChI is InChI=1S/C15H27NO2/c1-15(2)12(10-13(15)17)16-14(18)9-11-7-5-3-4-6-8-11/h11-13,17H,3-10H2,1-2H3,(H,16,18). The number of nitrogens with one attached hydrogen (secondary N) is 1. The number of amides is 1. The second kappa shape index (κ2) is 5.60. The van der Waals surface area contributed by atoms with Gasteiger partial charge in [-0.1, -0.05) is 39.5 Å². The van der Waals surface area contributed by atoms with Crippen LogP contribution in [-0.4, -0.2) is 23.2 Å². The number of aliphatic hydroxyl groups excluding tert-OH is 1. The van der Waals surface area contributed by atoms with Gasteiger partial charge in [0, 0.05) is 17.9 Å². The zero-order chi connectivity index (χ0) is 13.2. The minimum absolute atomic E-state index is 0.154. The normalized spacial score (nSPS) is 32.4. The molecule has 2 atom stereocenters. The highest BCUT2D eigenvalue weighted by molar-refractivity contribution is 5.76. The van der Waals surface area contributed by atoms with Gasteiger partial charge in [-0.3, -0.25) is 4.79 Å². The first-order valence-electron chi connectivity index (χ1n) is 7.47. The van der Waals surface area contributed by atoms with Crippen molar-refractivity contribution in [3.05, 3.63) is 0 Å². The molecule has 104 valence electrons. The molecule has 18 heavy (non-hydrogen) atoms. The fraction of sp³-hybridized carbons (Fsp3) is 0.933. The summed E-state index contributed by atoms with van der Waals surface area (Å²) < 4.78 is 0. The Kier molecular flexibility index (Phi) is 4.31. The number of carbonyl (C=O) groups is 1. The van der Waals surface area contributed by atoms with E-state index >= 15 is 0 Å². The van der Waals surface area contributed by atoms with E-state index in [9.17, 15) is 9.90 Å². The highest BCUT2D eigenvalue weighted by Crippen LogP contribution is 2.40. The van der Waals surface area contributed by atoms with Crippen molar-refractivity contribution in [3.8, 4) is 0 Å². The molecule has 0 radical (unpaired) electrons. The van der Waals surface area contributed by atoms with Gasteiger partial charge in [0.1, 0.15) is 0 Å². The Morgan fingerprint density at radius 2 is 1.83 bits per heavy atom. The Labute approximate surface area is 110 Å². The van der Waals surface area contributed by atoms with Crippen molar-refractivity contribution >= 4 is 5.91 Å². The average Bonchev–Trinajstić information content (AvgIpc) is 2.57. The van der Waals surface area contributed by atoms with Crippen molar-refractivity contribution in [1.29, 1.82) is 0 Å². The van der Waals surface area contributed by atoms with Crippen LogP contribution in [0.5, 0.6) is 0 Å². The predicted octanol–water partition coefficient (Wildman–Crippen LogP) is 2.62. The van der Waals surface area contributed by atoms with Crippen LogP contribution in [0.15, 0.2) is 0 Å². The Balaban J connectivity index is 1.75. The first-order chi connectivity index (χ1) is 8.50. The van der Waals surface area contributed by atoms with Gasteiger partial charge in [-0.25, -0.2) is 0 Å². The Morgan fingerprint density at radius 3 is 2.33 bits per heavy atom. The van der Waals surface area contributed by atoms with Gasteiger partial charge in [-0.15, -0.1) is 0 Å². The lowest BCUT2D eigenvalue weighted by atomic mass is 9.64. The summed E-state index contributed by atoms with van der Waals surface area (Å²) in [5.74, 6) is 0.771. The average molecular weight is 253 g/mol. The van der Waals surface area contributed by atoms with E-state index in [1.165, 1.54) is 38.5 Å². The molecule has 2 saturated carbocycles. The molecule has 0 aromatic rings. The third-order valence-electron chi connectivity index (χ3n) is 5.00. The van der Waals surface area contributed by atoms with Crippen molar-refractivity contribution in [1.82, 2.24) is 5.32 Å². The van der Waals surface area contributed by atoms with Gasteiger partial charge in [0.25, 0.3) is 0 Å². The number of aliphatic hydroxyl groups is 1. The lowest BCUT2D eigenvalue weighted by Crippen LogP contribution is -2.61. The number of hydrogen-bond acceptors (Lipinski definition) is 2. The fourth-order valence-electron chi connectivity index (χ4n) is 3.23. The van der Waals surface area contributed by atoms with Crippen LogP contribution < -0.4 is 5.32 Å². The molecule has 2 rings (SSSR count). The molecule has 0 heterocycles. The van der Waals surface area contributed by atoms with Crippen molar-refractivity contribution < 1.29 is 9.90 Å². The van der Waals surface area contributed by atoms with Crippen LogP contribution in [0.2, 0.25) is 0 Å². The zero-order valence-corrected chi connectivity index (χ0v) is 11.7. The van der Waals surface area contributed by atoms with Crippen LogP contribution in [0.4, 0.5) is 0 Å². The summed E-state index contributed by atoms with van der Waals surface area (Å²) in [6.45, 7) is 4.05. The SMILES string of the molecule is CC1(C)C(O)CC1NC(=O)CC1CCCCCC1. The smallest absolute Gasteiger partial charge is 0.220 e. The molecule has 0 spiro atoms. The van der Waals surface area contributed by atoms with Gasteiger partial charge in [0.15, 0.2) is 0 Å². The van der Waals surface area contributed by atoms with Crippen LogP contribution in [0.1, 0.15) is 65.2 Å². The summed E-state index contributed by atoms with van der Waals surface area (Å²) in [4.78, 5) is 12.0. The van der Waals surface area contributed by atoms with Gasteiger partial charge in [0.2, 0.25) is 5.91 Å². The molecular weight excluding hydrogens is 226 g/mol. The molecule has 2 aliphatic rings. The first-order valence-corrected chi connectivity index (χ1v) is 7.47. The fourth-order valence-corrected chi connectivity index (χ4v) is 3.23. The molecule has 2 fully saturated rings. The number of carbonyl (C=O) groups excluding carboxylic acids is 1. The maximum Gasteiger partial charge on any atom is 0.220 e. The molecule has 0 saturated heterocycles. The number of hydrogen-bond donors (Lipinski definition) is 2. The molecular formula is C15H27NO2. The van der Waals surface area contributed by atoms with E-state index in [0.29, 0.717) is 18.8 Å². The molecule has 1 amide bonds. The maximum atomic E-state index is 12.0. The summed E-state index contributed by atoms with van der Waals surface area (Å²) in [5.41, 5.74) is -0.154. The summed E-state index contributed by atoms with van der Waals surface area (Å²) in [6.07, 6.45) is 8.79. The van der Waals surface area contributed by atoms with Crippen LogP contribution in [0.25, 0.3) is 0 Å². The van der Waals surface area contributed by atoms with Crippen LogP contribution in [0, 0.1) is 11.3 Å². The van der Waals surface area contributed by atoms with Crippen LogP contribution in [0.3, 0.4) is 0 Å². The third kappa shape index (κ3) is 3.05. The molecule has 3 nitrogen and oxygen atoms in total. The lowest BCUT2D eigenvalue weighted by Gasteiger charge is -2.49. The molecule has 0 aromatic heterocycles. The minimum atomic E-state index is -0.263. The topological polar surface area (TPSA) is 49.3 Å². The summed E-state index contributed by atoms with van der Waals surface area (Å²) >= 11 is 0. The minimum Gasteiger partial charge on any atom is -0.392 e. The maximum absolute atomic E-state index is 12.0. The Bertz CT molecular complexity index is 293. The van der Waals surface area contributed by atoms with Gasteiger partial charge in [-0.05, 0) is 25.2 Å². The highest BCUT2D eigenvalue weighted by Gasteiger charge is 2.47. The van der Waals surface area contributed by atoms with Crippen molar-refractivity contribution in [3.63, 3.8) is 0 Å². The van der Waals surface area contributed by atoms with Gasteiger partial charge >= 0.3 is 0 Å². The van der Waals surface area contributed by atoms with E-state index in [1.54, 1.807) is 0 Å². The van der Waals surface area contributed by atoms with Crippen molar-refractivity contribution in [2.75, 3.05) is 0 Å². The molecule has 0 aliphatic heterocycles. The highest BCUT2D eigenvalue weighted by atomic mass is 16.3. The van der Waals surface area contributed by atoms with Gasteiger partial charge < -0.3 is 10.4 Å². The van der Waals surface area contributed by atoms with E-state index in [1.807, 2.05) is 13.8 Å². The second-order valence-corrected chi connectivity index (χ2v) is 6.75. The summed E-state index contributed by atoms with van der Waals surface area (Å²) in [7, 11) is 0. The van der Waals surface area contributed by atoms with Crippen LogP contribution >= 0.6 is 0 Å². The Morgan fingerprint density at radius 1 is 1.22 bits per heavy atom. The van der Waals surface area contributed by atoms with Gasteiger partial charge in [-0.2, -0.15) is 0 Å².